The summed E-state index contributed by atoms with van der Waals surface area (Å²) < 4.78 is 16.2. The molecule has 0 amide bonds. The zero-order valence-corrected chi connectivity index (χ0v) is 8.02. The standard InChI is InChI=1S/C11H14O3/c1-2-6-10(7-3-1)14-11-12-8-4-5-9-13-11/h1-3,6-7,11H,4-5,8-9H2. The van der Waals surface area contributed by atoms with Crippen molar-refractivity contribution in [2.24, 2.45) is 0 Å². The molecule has 1 saturated heterocycles. The summed E-state index contributed by atoms with van der Waals surface area (Å²) in [6, 6.07) is 9.56. The van der Waals surface area contributed by atoms with E-state index in [4.69, 9.17) is 14.2 Å². The molecule has 76 valence electrons. The fraction of sp³-hybridized carbons (Fsp3) is 0.455. The Bertz CT molecular complexity index is 252. The van der Waals surface area contributed by atoms with Crippen molar-refractivity contribution in [2.75, 3.05) is 13.2 Å². The van der Waals surface area contributed by atoms with Gasteiger partial charge in [0.2, 0.25) is 0 Å². The average molecular weight is 194 g/mol. The largest absolute Gasteiger partial charge is 0.441 e. The Labute approximate surface area is 83.6 Å². The third-order valence-corrected chi connectivity index (χ3v) is 2.02. The van der Waals surface area contributed by atoms with Gasteiger partial charge in [-0.1, -0.05) is 18.2 Å². The molecule has 3 heteroatoms. The molecule has 1 heterocycles. The number of para-hydroxylation sites is 1. The minimum atomic E-state index is -0.542. The molecule has 0 atom stereocenters. The maximum Gasteiger partial charge on any atom is 0.315 e. The second-order valence-electron chi connectivity index (χ2n) is 3.17. The fourth-order valence-corrected chi connectivity index (χ4v) is 1.29. The van der Waals surface area contributed by atoms with E-state index in [1.807, 2.05) is 30.3 Å². The zero-order valence-electron chi connectivity index (χ0n) is 8.02. The summed E-state index contributed by atoms with van der Waals surface area (Å²) in [6.45, 7) is 0.870. The van der Waals surface area contributed by atoms with Crippen molar-refractivity contribution >= 4 is 0 Å². The van der Waals surface area contributed by atoms with E-state index >= 15 is 0 Å². The van der Waals surface area contributed by atoms with Gasteiger partial charge in [-0.05, 0) is 25.0 Å². The van der Waals surface area contributed by atoms with Crippen molar-refractivity contribution in [2.45, 2.75) is 19.3 Å². The van der Waals surface area contributed by atoms with Crippen LogP contribution in [0.3, 0.4) is 0 Å². The number of ether oxygens (including phenoxy) is 3. The molecule has 1 fully saturated rings. The summed E-state index contributed by atoms with van der Waals surface area (Å²) >= 11 is 0. The van der Waals surface area contributed by atoms with E-state index in [9.17, 15) is 0 Å². The molecule has 1 aliphatic heterocycles. The lowest BCUT2D eigenvalue weighted by Gasteiger charge is -2.16. The Morgan fingerprint density at radius 3 is 2.29 bits per heavy atom. The van der Waals surface area contributed by atoms with E-state index in [1.165, 1.54) is 0 Å². The van der Waals surface area contributed by atoms with Gasteiger partial charge < -0.3 is 14.2 Å². The molecule has 2 rings (SSSR count). The van der Waals surface area contributed by atoms with E-state index in [0.29, 0.717) is 13.2 Å². The predicted octanol–water partition coefficient (Wildman–Crippen LogP) is 2.18. The molecule has 0 bridgehead atoms. The van der Waals surface area contributed by atoms with Gasteiger partial charge in [0.25, 0.3) is 0 Å². The van der Waals surface area contributed by atoms with Crippen molar-refractivity contribution < 1.29 is 14.2 Å². The highest BCUT2D eigenvalue weighted by molar-refractivity contribution is 5.20. The topological polar surface area (TPSA) is 27.7 Å². The molecule has 1 aromatic rings. The Balaban J connectivity index is 1.90. The predicted molar refractivity (Wildman–Crippen MR) is 52.0 cm³/mol. The van der Waals surface area contributed by atoms with Gasteiger partial charge in [-0.3, -0.25) is 0 Å². The highest BCUT2D eigenvalue weighted by Gasteiger charge is 2.13. The summed E-state index contributed by atoms with van der Waals surface area (Å²) in [5.41, 5.74) is 0. The van der Waals surface area contributed by atoms with E-state index < -0.39 is 6.48 Å². The van der Waals surface area contributed by atoms with Crippen LogP contribution in [0.25, 0.3) is 0 Å². The first-order chi connectivity index (χ1) is 6.95. The van der Waals surface area contributed by atoms with E-state index in [2.05, 4.69) is 0 Å². The molecule has 14 heavy (non-hydrogen) atoms. The molecule has 0 spiro atoms. The normalized spacial score (nSPS) is 18.9. The highest BCUT2D eigenvalue weighted by atomic mass is 16.8. The molecular formula is C11H14O3. The van der Waals surface area contributed by atoms with E-state index in [0.717, 1.165) is 18.6 Å². The second kappa shape index (κ2) is 4.98. The lowest BCUT2D eigenvalue weighted by molar-refractivity contribution is -0.235. The van der Waals surface area contributed by atoms with Gasteiger partial charge in [-0.15, -0.1) is 0 Å². The Morgan fingerprint density at radius 1 is 1.00 bits per heavy atom. The van der Waals surface area contributed by atoms with Crippen molar-refractivity contribution in [3.63, 3.8) is 0 Å². The van der Waals surface area contributed by atoms with Gasteiger partial charge in [0.15, 0.2) is 0 Å². The second-order valence-corrected chi connectivity index (χ2v) is 3.17. The molecular weight excluding hydrogens is 180 g/mol. The number of benzene rings is 1. The molecule has 1 aromatic carbocycles. The lowest BCUT2D eigenvalue weighted by atomic mass is 10.3. The molecule has 0 saturated carbocycles. The minimum absolute atomic E-state index is 0.542. The number of hydrogen-bond acceptors (Lipinski definition) is 3. The monoisotopic (exact) mass is 194 g/mol. The summed E-state index contributed by atoms with van der Waals surface area (Å²) in [5, 5.41) is 0. The smallest absolute Gasteiger partial charge is 0.315 e. The minimum Gasteiger partial charge on any atom is -0.441 e. The van der Waals surface area contributed by atoms with Gasteiger partial charge in [-0.2, -0.15) is 0 Å². The van der Waals surface area contributed by atoms with E-state index in [-0.39, 0.29) is 0 Å². The van der Waals surface area contributed by atoms with Crippen LogP contribution in [0.2, 0.25) is 0 Å². The molecule has 0 N–H and O–H groups in total. The number of rotatable bonds is 2. The van der Waals surface area contributed by atoms with Crippen LogP contribution in [0.4, 0.5) is 0 Å². The van der Waals surface area contributed by atoms with Crippen molar-refractivity contribution in [1.29, 1.82) is 0 Å². The number of hydrogen-bond donors (Lipinski definition) is 0. The Morgan fingerprint density at radius 2 is 1.64 bits per heavy atom. The first kappa shape index (κ1) is 9.49. The summed E-state index contributed by atoms with van der Waals surface area (Å²) in [7, 11) is 0. The third kappa shape index (κ3) is 2.72. The van der Waals surface area contributed by atoms with Gasteiger partial charge in [0.1, 0.15) is 5.75 Å². The van der Waals surface area contributed by atoms with Crippen LogP contribution in [0.1, 0.15) is 12.8 Å². The molecule has 0 aromatic heterocycles. The molecule has 3 nitrogen and oxygen atoms in total. The summed E-state index contributed by atoms with van der Waals surface area (Å²) in [4.78, 5) is 0. The van der Waals surface area contributed by atoms with Gasteiger partial charge in [0.05, 0.1) is 13.2 Å². The van der Waals surface area contributed by atoms with Crippen molar-refractivity contribution in [3.05, 3.63) is 30.3 Å². The third-order valence-electron chi connectivity index (χ3n) is 2.02. The molecule has 0 unspecified atom stereocenters. The van der Waals surface area contributed by atoms with Crippen LogP contribution in [-0.4, -0.2) is 19.7 Å². The van der Waals surface area contributed by atoms with Crippen molar-refractivity contribution in [1.82, 2.24) is 0 Å². The average Bonchev–Trinajstić information content (AvgIpc) is 2.48. The van der Waals surface area contributed by atoms with Crippen LogP contribution in [0.15, 0.2) is 30.3 Å². The quantitative estimate of drug-likeness (QED) is 0.722. The molecule has 0 aliphatic carbocycles. The van der Waals surface area contributed by atoms with Crippen LogP contribution >= 0.6 is 0 Å². The molecule has 0 radical (unpaired) electrons. The lowest BCUT2D eigenvalue weighted by Crippen LogP contribution is -2.22. The Kier molecular flexibility index (Phi) is 3.38. The van der Waals surface area contributed by atoms with Crippen LogP contribution in [0.5, 0.6) is 5.75 Å². The first-order valence-corrected chi connectivity index (χ1v) is 4.90. The summed E-state index contributed by atoms with van der Waals surface area (Å²) in [6.07, 6.45) is 2.07. The van der Waals surface area contributed by atoms with E-state index in [1.54, 1.807) is 0 Å². The van der Waals surface area contributed by atoms with Crippen molar-refractivity contribution in [3.8, 4) is 5.75 Å². The first-order valence-electron chi connectivity index (χ1n) is 4.90. The van der Waals surface area contributed by atoms with Gasteiger partial charge in [-0.25, -0.2) is 0 Å². The van der Waals surface area contributed by atoms with Crippen LogP contribution in [0, 0.1) is 0 Å². The highest BCUT2D eigenvalue weighted by Crippen LogP contribution is 2.14. The maximum absolute atomic E-state index is 5.49. The molecule has 1 aliphatic rings. The van der Waals surface area contributed by atoms with Crippen LogP contribution in [-0.2, 0) is 9.47 Å². The zero-order chi connectivity index (χ0) is 9.64. The van der Waals surface area contributed by atoms with Gasteiger partial charge in [0, 0.05) is 0 Å². The fourth-order valence-electron chi connectivity index (χ4n) is 1.29. The Hall–Kier alpha value is -1.06. The maximum atomic E-state index is 5.49. The SMILES string of the molecule is c1ccc(OC2OCCCCO2)cc1. The van der Waals surface area contributed by atoms with Gasteiger partial charge >= 0.3 is 6.48 Å². The summed E-state index contributed by atoms with van der Waals surface area (Å²) in [5.74, 6) is 0.777. The van der Waals surface area contributed by atoms with Crippen LogP contribution < -0.4 is 4.74 Å².